The maximum Gasteiger partial charge on any atom is 0.251 e. The second kappa shape index (κ2) is 5.52. The number of anilines is 1. The van der Waals surface area contributed by atoms with Crippen LogP contribution in [0, 0.1) is 6.92 Å². The number of aromatic nitrogens is 1. The number of aryl methyl sites for hydroxylation is 1. The molecule has 1 N–H and O–H groups in total. The lowest BCUT2D eigenvalue weighted by molar-refractivity contribution is -0.118. The molecule has 4 heteroatoms. The average Bonchev–Trinajstić information content (AvgIpc) is 2.42. The molecule has 0 saturated carbocycles. The van der Waals surface area contributed by atoms with Gasteiger partial charge in [0, 0.05) is 18.0 Å². The zero-order valence-electron chi connectivity index (χ0n) is 11.0. The molecule has 1 unspecified atom stereocenters. The molecule has 0 spiro atoms. The molecule has 1 aromatic heterocycles. The largest absolute Gasteiger partial charge is 0.324 e. The molecule has 0 aliphatic heterocycles. The molecule has 2 aromatic rings. The number of pyridine rings is 1. The van der Waals surface area contributed by atoms with Gasteiger partial charge in [0.15, 0.2) is 0 Å². The highest BCUT2D eigenvalue weighted by Gasteiger charge is 2.15. The maximum absolute atomic E-state index is 12.1. The minimum atomic E-state index is -0.549. The third-order valence-corrected chi connectivity index (χ3v) is 2.92. The first-order valence-corrected chi connectivity index (χ1v) is 6.12. The molecule has 1 aromatic carbocycles. The number of carbonyl (C=O) groups excluding carboxylic acids is 1. The average molecular weight is 256 g/mol. The number of hydrogen-bond acceptors (Lipinski definition) is 2. The Bertz CT molecular complexity index is 632. The normalized spacial score (nSPS) is 11.9. The Balaban J connectivity index is 2.20. The van der Waals surface area contributed by atoms with E-state index in [1.807, 2.05) is 37.3 Å². The summed E-state index contributed by atoms with van der Waals surface area (Å²) in [6, 6.07) is 11.9. The summed E-state index contributed by atoms with van der Waals surface area (Å²) in [4.78, 5) is 23.9. The highest BCUT2D eigenvalue weighted by atomic mass is 16.2. The molecule has 0 aliphatic carbocycles. The van der Waals surface area contributed by atoms with Crippen molar-refractivity contribution >= 4 is 11.6 Å². The summed E-state index contributed by atoms with van der Waals surface area (Å²) in [7, 11) is 0. The predicted molar refractivity (Wildman–Crippen MR) is 75.2 cm³/mol. The van der Waals surface area contributed by atoms with Crippen molar-refractivity contribution in [2.45, 2.75) is 19.9 Å². The summed E-state index contributed by atoms with van der Waals surface area (Å²) in [6.07, 6.45) is 1.69. The van der Waals surface area contributed by atoms with Crippen LogP contribution in [0.4, 0.5) is 5.69 Å². The van der Waals surface area contributed by atoms with Crippen LogP contribution < -0.4 is 10.9 Å². The monoisotopic (exact) mass is 256 g/mol. The van der Waals surface area contributed by atoms with Gasteiger partial charge in [-0.2, -0.15) is 0 Å². The lowest BCUT2D eigenvalue weighted by Gasteiger charge is -2.15. The first-order chi connectivity index (χ1) is 9.08. The highest BCUT2D eigenvalue weighted by molar-refractivity contribution is 5.93. The van der Waals surface area contributed by atoms with E-state index in [9.17, 15) is 9.59 Å². The van der Waals surface area contributed by atoms with E-state index in [0.29, 0.717) is 0 Å². The van der Waals surface area contributed by atoms with Gasteiger partial charge < -0.3 is 9.88 Å². The third-order valence-electron chi connectivity index (χ3n) is 2.92. The number of amides is 1. The quantitative estimate of drug-likeness (QED) is 0.916. The fourth-order valence-electron chi connectivity index (χ4n) is 1.81. The highest BCUT2D eigenvalue weighted by Crippen LogP contribution is 2.10. The molecule has 4 nitrogen and oxygen atoms in total. The first kappa shape index (κ1) is 13.1. The van der Waals surface area contributed by atoms with Gasteiger partial charge in [0.25, 0.3) is 5.56 Å². The Morgan fingerprint density at radius 1 is 1.16 bits per heavy atom. The van der Waals surface area contributed by atoms with Gasteiger partial charge in [0.05, 0.1) is 0 Å². The standard InChI is InChI=1S/C15H16N2O2/c1-11-8-9-14(18)17(10-11)12(2)15(19)16-13-6-4-3-5-7-13/h3-10,12H,1-2H3,(H,16,19). The van der Waals surface area contributed by atoms with E-state index in [1.54, 1.807) is 19.2 Å². The zero-order chi connectivity index (χ0) is 13.8. The predicted octanol–water partition coefficient (Wildman–Crippen LogP) is 2.36. The molecule has 0 aliphatic rings. The van der Waals surface area contributed by atoms with Gasteiger partial charge in [-0.25, -0.2) is 0 Å². The molecule has 98 valence electrons. The number of rotatable bonds is 3. The summed E-state index contributed by atoms with van der Waals surface area (Å²) in [6.45, 7) is 3.59. The number of nitrogens with one attached hydrogen (secondary N) is 1. The molecule has 0 bridgehead atoms. The molecule has 1 atom stereocenters. The van der Waals surface area contributed by atoms with Crippen molar-refractivity contribution in [3.05, 3.63) is 64.6 Å². The van der Waals surface area contributed by atoms with E-state index >= 15 is 0 Å². The Morgan fingerprint density at radius 2 is 1.84 bits per heavy atom. The van der Waals surface area contributed by atoms with E-state index in [2.05, 4.69) is 5.32 Å². The van der Waals surface area contributed by atoms with Gasteiger partial charge in [-0.3, -0.25) is 9.59 Å². The van der Waals surface area contributed by atoms with Crippen LogP contribution in [-0.4, -0.2) is 10.5 Å². The van der Waals surface area contributed by atoms with Crippen LogP contribution in [-0.2, 0) is 4.79 Å². The van der Waals surface area contributed by atoms with Crippen LogP contribution in [0.25, 0.3) is 0 Å². The van der Waals surface area contributed by atoms with E-state index in [-0.39, 0.29) is 11.5 Å². The van der Waals surface area contributed by atoms with Crippen molar-refractivity contribution in [1.29, 1.82) is 0 Å². The summed E-state index contributed by atoms with van der Waals surface area (Å²) >= 11 is 0. The molecule has 0 saturated heterocycles. The van der Waals surface area contributed by atoms with Crippen LogP contribution in [0.5, 0.6) is 0 Å². The van der Waals surface area contributed by atoms with Crippen molar-refractivity contribution in [2.75, 3.05) is 5.32 Å². The SMILES string of the molecule is Cc1ccc(=O)n(C(C)C(=O)Nc2ccccc2)c1. The summed E-state index contributed by atoms with van der Waals surface area (Å²) in [5.41, 5.74) is 1.49. The van der Waals surface area contributed by atoms with Crippen molar-refractivity contribution < 1.29 is 4.79 Å². The van der Waals surface area contributed by atoms with E-state index < -0.39 is 6.04 Å². The van der Waals surface area contributed by atoms with Crippen LogP contribution in [0.15, 0.2) is 53.5 Å². The Morgan fingerprint density at radius 3 is 2.53 bits per heavy atom. The van der Waals surface area contributed by atoms with Crippen LogP contribution in [0.1, 0.15) is 18.5 Å². The Labute approximate surface area is 111 Å². The number of benzene rings is 1. The number of nitrogens with zero attached hydrogens (tertiary/aromatic N) is 1. The molecule has 0 fully saturated rings. The summed E-state index contributed by atoms with van der Waals surface area (Å²) in [5, 5.41) is 2.79. The van der Waals surface area contributed by atoms with Gasteiger partial charge in [-0.15, -0.1) is 0 Å². The number of carbonyl (C=O) groups is 1. The van der Waals surface area contributed by atoms with Crippen LogP contribution >= 0.6 is 0 Å². The summed E-state index contributed by atoms with van der Waals surface area (Å²) < 4.78 is 1.44. The zero-order valence-corrected chi connectivity index (χ0v) is 11.0. The topological polar surface area (TPSA) is 51.1 Å². The van der Waals surface area contributed by atoms with E-state index in [1.165, 1.54) is 10.6 Å². The molecule has 2 rings (SSSR count). The van der Waals surface area contributed by atoms with E-state index in [0.717, 1.165) is 11.3 Å². The molecule has 19 heavy (non-hydrogen) atoms. The maximum atomic E-state index is 12.1. The molecule has 0 radical (unpaired) electrons. The van der Waals surface area contributed by atoms with Crippen LogP contribution in [0.2, 0.25) is 0 Å². The van der Waals surface area contributed by atoms with Crippen molar-refractivity contribution in [3.8, 4) is 0 Å². The smallest absolute Gasteiger partial charge is 0.251 e. The Hall–Kier alpha value is -2.36. The van der Waals surface area contributed by atoms with Gasteiger partial charge in [-0.05, 0) is 31.5 Å². The second-order valence-corrected chi connectivity index (χ2v) is 4.48. The van der Waals surface area contributed by atoms with Crippen molar-refractivity contribution in [3.63, 3.8) is 0 Å². The fourth-order valence-corrected chi connectivity index (χ4v) is 1.81. The van der Waals surface area contributed by atoms with Crippen molar-refractivity contribution in [2.24, 2.45) is 0 Å². The fraction of sp³-hybridized carbons (Fsp3) is 0.200. The van der Waals surface area contributed by atoms with Gasteiger partial charge >= 0.3 is 0 Å². The molecular formula is C15H16N2O2. The van der Waals surface area contributed by atoms with E-state index in [4.69, 9.17) is 0 Å². The van der Waals surface area contributed by atoms with Gasteiger partial charge in [-0.1, -0.05) is 24.3 Å². The Kier molecular flexibility index (Phi) is 3.80. The molecule has 1 amide bonds. The minimum Gasteiger partial charge on any atom is -0.324 e. The van der Waals surface area contributed by atoms with Crippen molar-refractivity contribution in [1.82, 2.24) is 4.57 Å². The lowest BCUT2D eigenvalue weighted by Crippen LogP contribution is -2.31. The number of hydrogen-bond donors (Lipinski definition) is 1. The third kappa shape index (κ3) is 3.10. The minimum absolute atomic E-state index is 0.179. The number of para-hydroxylation sites is 1. The van der Waals surface area contributed by atoms with Crippen LogP contribution in [0.3, 0.4) is 0 Å². The van der Waals surface area contributed by atoms with Gasteiger partial charge in [0.2, 0.25) is 5.91 Å². The lowest BCUT2D eigenvalue weighted by atomic mass is 10.2. The first-order valence-electron chi connectivity index (χ1n) is 6.12. The van der Waals surface area contributed by atoms with Gasteiger partial charge in [0.1, 0.15) is 6.04 Å². The molecular weight excluding hydrogens is 240 g/mol. The second-order valence-electron chi connectivity index (χ2n) is 4.48. The summed E-state index contributed by atoms with van der Waals surface area (Å²) in [5.74, 6) is -0.209. The molecule has 1 heterocycles.